The fraction of sp³-hybridized carbons (Fsp3) is 0.200. The van der Waals surface area contributed by atoms with Crippen molar-refractivity contribution < 1.29 is 13.9 Å². The standard InChI is InChI=1S/C30H28N2O3S/c1-21-14-17-25(18-15-21)32-27(26-19-16-22(2)35-26)30(28(33)34-3,24-12-8-5-9-13-24)31(29(32)36)20-23-10-6-4-7-11-23/h4-19,27H,20H2,1-3H3. The van der Waals surface area contributed by atoms with Gasteiger partial charge in [0.25, 0.3) is 0 Å². The molecule has 36 heavy (non-hydrogen) atoms. The minimum absolute atomic E-state index is 0.402. The Morgan fingerprint density at radius 1 is 0.917 bits per heavy atom. The van der Waals surface area contributed by atoms with Crippen LogP contribution in [-0.4, -0.2) is 23.1 Å². The third-order valence-corrected chi connectivity index (χ3v) is 7.17. The average molecular weight is 497 g/mol. The molecule has 2 heterocycles. The van der Waals surface area contributed by atoms with Gasteiger partial charge in [-0.05, 0) is 61.5 Å². The fourth-order valence-electron chi connectivity index (χ4n) is 5.08. The molecule has 0 aliphatic carbocycles. The minimum atomic E-state index is -1.29. The molecule has 5 rings (SSSR count). The van der Waals surface area contributed by atoms with Crippen LogP contribution in [0.3, 0.4) is 0 Å². The number of anilines is 1. The Kier molecular flexibility index (Phi) is 6.37. The van der Waals surface area contributed by atoms with Gasteiger partial charge in [0.15, 0.2) is 10.7 Å². The van der Waals surface area contributed by atoms with Crippen molar-refractivity contribution in [1.82, 2.24) is 4.90 Å². The van der Waals surface area contributed by atoms with Gasteiger partial charge in [0, 0.05) is 12.2 Å². The maximum atomic E-state index is 14.1. The van der Waals surface area contributed by atoms with E-state index in [0.717, 1.165) is 28.1 Å². The maximum absolute atomic E-state index is 14.1. The molecule has 1 aliphatic rings. The summed E-state index contributed by atoms with van der Waals surface area (Å²) in [5.74, 6) is 0.994. The molecular weight excluding hydrogens is 468 g/mol. The molecule has 6 heteroatoms. The molecule has 1 aliphatic heterocycles. The van der Waals surface area contributed by atoms with E-state index in [9.17, 15) is 4.79 Å². The second-order valence-corrected chi connectivity index (χ2v) is 9.40. The highest BCUT2D eigenvalue weighted by atomic mass is 32.1. The number of esters is 1. The Balaban J connectivity index is 1.82. The Morgan fingerprint density at radius 2 is 1.56 bits per heavy atom. The van der Waals surface area contributed by atoms with E-state index in [0.29, 0.717) is 17.4 Å². The third kappa shape index (κ3) is 3.88. The van der Waals surface area contributed by atoms with Crippen molar-refractivity contribution in [2.24, 2.45) is 0 Å². The number of methoxy groups -OCH3 is 1. The Labute approximate surface area is 216 Å². The van der Waals surface area contributed by atoms with Gasteiger partial charge in [-0.25, -0.2) is 4.79 Å². The lowest BCUT2D eigenvalue weighted by Crippen LogP contribution is -2.52. The van der Waals surface area contributed by atoms with Crippen LogP contribution in [-0.2, 0) is 21.6 Å². The molecule has 5 nitrogen and oxygen atoms in total. The molecule has 182 valence electrons. The van der Waals surface area contributed by atoms with Gasteiger partial charge in [-0.2, -0.15) is 0 Å². The Hall–Kier alpha value is -3.90. The summed E-state index contributed by atoms with van der Waals surface area (Å²) in [5.41, 5.74) is 2.54. The van der Waals surface area contributed by atoms with Gasteiger partial charge in [-0.3, -0.25) is 0 Å². The first kappa shape index (κ1) is 23.8. The van der Waals surface area contributed by atoms with Crippen molar-refractivity contribution in [1.29, 1.82) is 0 Å². The van der Waals surface area contributed by atoms with Crippen LogP contribution < -0.4 is 4.90 Å². The number of carbonyl (C=O) groups excluding carboxylic acids is 1. The third-order valence-electron chi connectivity index (χ3n) is 6.75. The van der Waals surface area contributed by atoms with Gasteiger partial charge in [0.1, 0.15) is 17.6 Å². The summed E-state index contributed by atoms with van der Waals surface area (Å²) in [6.45, 7) is 4.36. The van der Waals surface area contributed by atoms with Crippen molar-refractivity contribution in [2.45, 2.75) is 32.0 Å². The monoisotopic (exact) mass is 496 g/mol. The zero-order valence-electron chi connectivity index (χ0n) is 20.5. The van der Waals surface area contributed by atoms with Crippen LogP contribution in [0, 0.1) is 13.8 Å². The van der Waals surface area contributed by atoms with Crippen molar-refractivity contribution >= 4 is 29.0 Å². The molecule has 1 fully saturated rings. The predicted octanol–water partition coefficient (Wildman–Crippen LogP) is 6.31. The van der Waals surface area contributed by atoms with E-state index >= 15 is 0 Å². The minimum Gasteiger partial charge on any atom is -0.467 e. The second kappa shape index (κ2) is 9.63. The van der Waals surface area contributed by atoms with E-state index in [4.69, 9.17) is 21.4 Å². The molecule has 2 atom stereocenters. The maximum Gasteiger partial charge on any atom is 0.339 e. The second-order valence-electron chi connectivity index (χ2n) is 9.03. The van der Waals surface area contributed by atoms with E-state index in [2.05, 4.69) is 0 Å². The molecule has 0 saturated carbocycles. The van der Waals surface area contributed by atoms with Crippen molar-refractivity contribution in [3.63, 3.8) is 0 Å². The predicted molar refractivity (Wildman–Crippen MR) is 145 cm³/mol. The summed E-state index contributed by atoms with van der Waals surface area (Å²) in [4.78, 5) is 18.1. The highest BCUT2D eigenvalue weighted by Crippen LogP contribution is 2.53. The summed E-state index contributed by atoms with van der Waals surface area (Å²) in [7, 11) is 1.43. The highest BCUT2D eigenvalue weighted by Gasteiger charge is 2.64. The van der Waals surface area contributed by atoms with Gasteiger partial charge in [-0.1, -0.05) is 78.4 Å². The molecule has 0 spiro atoms. The highest BCUT2D eigenvalue weighted by molar-refractivity contribution is 7.80. The zero-order chi connectivity index (χ0) is 25.3. The van der Waals surface area contributed by atoms with Crippen LogP contribution in [0.1, 0.15) is 34.3 Å². The van der Waals surface area contributed by atoms with Crippen LogP contribution >= 0.6 is 12.2 Å². The lowest BCUT2D eigenvalue weighted by molar-refractivity contribution is -0.154. The summed E-state index contributed by atoms with van der Waals surface area (Å²) in [5, 5.41) is 0.524. The Bertz CT molecular complexity index is 1370. The van der Waals surface area contributed by atoms with Crippen molar-refractivity contribution in [2.75, 3.05) is 12.0 Å². The van der Waals surface area contributed by atoms with E-state index < -0.39 is 17.6 Å². The molecule has 0 radical (unpaired) electrons. The van der Waals surface area contributed by atoms with Gasteiger partial charge in [0.05, 0.1) is 7.11 Å². The first-order chi connectivity index (χ1) is 17.5. The number of benzene rings is 3. The van der Waals surface area contributed by atoms with Crippen LogP contribution in [0.5, 0.6) is 0 Å². The number of hydrogen-bond donors (Lipinski definition) is 0. The smallest absolute Gasteiger partial charge is 0.339 e. The van der Waals surface area contributed by atoms with E-state index in [1.54, 1.807) is 0 Å². The summed E-state index contributed by atoms with van der Waals surface area (Å²) in [6, 6.07) is 31.1. The molecular formula is C30H28N2O3S. The average Bonchev–Trinajstić information content (AvgIpc) is 3.44. The number of furan rings is 1. The normalized spacial score (nSPS) is 19.5. The number of hydrogen-bond acceptors (Lipinski definition) is 4. The molecule has 1 aromatic heterocycles. The fourth-order valence-corrected chi connectivity index (χ4v) is 5.50. The van der Waals surface area contributed by atoms with Gasteiger partial charge >= 0.3 is 5.97 Å². The van der Waals surface area contributed by atoms with Crippen LogP contribution in [0.25, 0.3) is 0 Å². The first-order valence-corrected chi connectivity index (χ1v) is 12.3. The molecule has 3 aromatic carbocycles. The van der Waals surface area contributed by atoms with E-state index in [1.165, 1.54) is 7.11 Å². The van der Waals surface area contributed by atoms with E-state index in [1.807, 2.05) is 121 Å². The lowest BCUT2D eigenvalue weighted by Gasteiger charge is -2.39. The number of rotatable bonds is 6. The molecule has 2 unspecified atom stereocenters. The van der Waals surface area contributed by atoms with Crippen LogP contribution in [0.2, 0.25) is 0 Å². The quantitative estimate of drug-likeness (QED) is 0.230. The largest absolute Gasteiger partial charge is 0.467 e. The molecule has 0 bridgehead atoms. The molecule has 1 saturated heterocycles. The van der Waals surface area contributed by atoms with Gasteiger partial charge in [0.2, 0.25) is 0 Å². The van der Waals surface area contributed by atoms with Crippen LogP contribution in [0.15, 0.2) is 101 Å². The number of nitrogens with zero attached hydrogens (tertiary/aromatic N) is 2. The molecule has 0 N–H and O–H groups in total. The topological polar surface area (TPSA) is 45.9 Å². The number of aryl methyl sites for hydroxylation is 2. The van der Waals surface area contributed by atoms with E-state index in [-0.39, 0.29) is 0 Å². The number of carbonyl (C=O) groups is 1. The molecule has 4 aromatic rings. The van der Waals surface area contributed by atoms with Gasteiger partial charge in [-0.15, -0.1) is 0 Å². The van der Waals surface area contributed by atoms with Crippen LogP contribution in [0.4, 0.5) is 5.69 Å². The molecule has 0 amide bonds. The summed E-state index contributed by atoms with van der Waals surface area (Å²) in [6.07, 6.45) is 0. The van der Waals surface area contributed by atoms with Gasteiger partial charge < -0.3 is 19.0 Å². The zero-order valence-corrected chi connectivity index (χ0v) is 21.4. The SMILES string of the molecule is COC(=O)C1(c2ccccc2)C(c2ccc(C)o2)N(c2ccc(C)cc2)C(=S)N1Cc1ccccc1. The number of ether oxygens (including phenoxy) is 1. The first-order valence-electron chi connectivity index (χ1n) is 11.9. The Morgan fingerprint density at radius 3 is 2.14 bits per heavy atom. The summed E-state index contributed by atoms with van der Waals surface area (Å²) >= 11 is 6.18. The van der Waals surface area contributed by atoms with Crippen molar-refractivity contribution in [3.05, 3.63) is 125 Å². The lowest BCUT2D eigenvalue weighted by atomic mass is 9.80. The number of thiocarbonyl (C=S) groups is 1. The van der Waals surface area contributed by atoms with Crippen molar-refractivity contribution in [3.8, 4) is 0 Å². The summed E-state index contributed by atoms with van der Waals surface area (Å²) < 4.78 is 11.8.